The summed E-state index contributed by atoms with van der Waals surface area (Å²) < 4.78 is 0. The standard InChI is InChI=1S/C18H27N5O2/c1-6-16-19-11(2)15(18(25)20-16)10-17(24)23(5)9-7-8-14-12(3)21-22-13(14)4/h6-10H2,1-5H3,(H,21,22)(H,19,20,25). The van der Waals surface area contributed by atoms with Crippen LogP contribution in [0.4, 0.5) is 0 Å². The van der Waals surface area contributed by atoms with Gasteiger partial charge in [0.25, 0.3) is 5.56 Å². The van der Waals surface area contributed by atoms with Crippen molar-refractivity contribution in [2.24, 2.45) is 0 Å². The Kier molecular flexibility index (Phi) is 6.12. The topological polar surface area (TPSA) is 94.7 Å². The van der Waals surface area contributed by atoms with Gasteiger partial charge in [-0.3, -0.25) is 14.7 Å². The van der Waals surface area contributed by atoms with Gasteiger partial charge < -0.3 is 9.88 Å². The average Bonchev–Trinajstić information content (AvgIpc) is 2.89. The Morgan fingerprint density at radius 1 is 1.16 bits per heavy atom. The van der Waals surface area contributed by atoms with Crippen molar-refractivity contribution in [3.63, 3.8) is 0 Å². The molecule has 1 amide bonds. The van der Waals surface area contributed by atoms with Crippen LogP contribution in [0.25, 0.3) is 0 Å². The maximum absolute atomic E-state index is 12.4. The molecule has 0 fully saturated rings. The summed E-state index contributed by atoms with van der Waals surface area (Å²) in [5, 5.41) is 7.16. The highest BCUT2D eigenvalue weighted by atomic mass is 16.2. The Morgan fingerprint density at radius 2 is 1.88 bits per heavy atom. The van der Waals surface area contributed by atoms with Crippen LogP contribution in [0.5, 0.6) is 0 Å². The second-order valence-corrected chi connectivity index (χ2v) is 6.44. The van der Waals surface area contributed by atoms with E-state index in [1.807, 2.05) is 20.8 Å². The molecule has 2 N–H and O–H groups in total. The van der Waals surface area contributed by atoms with Crippen molar-refractivity contribution in [3.05, 3.63) is 44.4 Å². The van der Waals surface area contributed by atoms with Crippen molar-refractivity contribution in [1.29, 1.82) is 0 Å². The van der Waals surface area contributed by atoms with E-state index in [9.17, 15) is 9.59 Å². The quantitative estimate of drug-likeness (QED) is 0.797. The number of nitrogens with one attached hydrogen (secondary N) is 2. The van der Waals surface area contributed by atoms with Gasteiger partial charge in [-0.05, 0) is 39.2 Å². The average molecular weight is 345 g/mol. The zero-order valence-electron chi connectivity index (χ0n) is 15.7. The van der Waals surface area contributed by atoms with Gasteiger partial charge in [0, 0.05) is 37.0 Å². The molecule has 0 aliphatic carbocycles. The first-order chi connectivity index (χ1) is 11.8. The molecule has 0 unspecified atom stereocenters. The van der Waals surface area contributed by atoms with Crippen LogP contribution < -0.4 is 5.56 Å². The summed E-state index contributed by atoms with van der Waals surface area (Å²) in [6.45, 7) is 8.34. The summed E-state index contributed by atoms with van der Waals surface area (Å²) >= 11 is 0. The molecule has 0 radical (unpaired) electrons. The maximum Gasteiger partial charge on any atom is 0.254 e. The van der Waals surface area contributed by atoms with Crippen LogP contribution in [-0.2, 0) is 24.1 Å². The molecule has 25 heavy (non-hydrogen) atoms. The molecule has 136 valence electrons. The number of nitrogens with zero attached hydrogens (tertiary/aromatic N) is 3. The van der Waals surface area contributed by atoms with Gasteiger partial charge in [-0.2, -0.15) is 5.10 Å². The molecule has 0 saturated carbocycles. The zero-order valence-corrected chi connectivity index (χ0v) is 15.7. The SMILES string of the molecule is CCc1nc(C)c(CC(=O)N(C)CCCc2c(C)n[nH]c2C)c(=O)[nH]1. The lowest BCUT2D eigenvalue weighted by molar-refractivity contribution is -0.129. The largest absolute Gasteiger partial charge is 0.345 e. The minimum Gasteiger partial charge on any atom is -0.345 e. The van der Waals surface area contributed by atoms with Crippen LogP contribution in [0.3, 0.4) is 0 Å². The number of hydrogen-bond acceptors (Lipinski definition) is 4. The number of amides is 1. The molecular weight excluding hydrogens is 318 g/mol. The number of aromatic nitrogens is 4. The molecule has 7 nitrogen and oxygen atoms in total. The molecule has 2 aromatic heterocycles. The number of aryl methyl sites for hydroxylation is 4. The van der Waals surface area contributed by atoms with E-state index in [2.05, 4.69) is 20.2 Å². The number of hydrogen-bond donors (Lipinski definition) is 2. The number of rotatable bonds is 7. The van der Waals surface area contributed by atoms with E-state index in [4.69, 9.17) is 0 Å². The third-order valence-electron chi connectivity index (χ3n) is 4.56. The third kappa shape index (κ3) is 4.55. The van der Waals surface area contributed by atoms with E-state index < -0.39 is 0 Å². The van der Waals surface area contributed by atoms with Crippen LogP contribution in [0.2, 0.25) is 0 Å². The van der Waals surface area contributed by atoms with Gasteiger partial charge in [-0.15, -0.1) is 0 Å². The van der Waals surface area contributed by atoms with Crippen LogP contribution >= 0.6 is 0 Å². The van der Waals surface area contributed by atoms with E-state index in [-0.39, 0.29) is 17.9 Å². The smallest absolute Gasteiger partial charge is 0.254 e. The van der Waals surface area contributed by atoms with Crippen molar-refractivity contribution in [3.8, 4) is 0 Å². The summed E-state index contributed by atoms with van der Waals surface area (Å²) in [7, 11) is 1.77. The Morgan fingerprint density at radius 3 is 2.44 bits per heavy atom. The summed E-state index contributed by atoms with van der Waals surface area (Å²) in [6, 6.07) is 0. The van der Waals surface area contributed by atoms with Crippen LogP contribution in [0, 0.1) is 20.8 Å². The van der Waals surface area contributed by atoms with Crippen molar-refractivity contribution in [2.75, 3.05) is 13.6 Å². The lowest BCUT2D eigenvalue weighted by Gasteiger charge is -2.17. The summed E-state index contributed by atoms with van der Waals surface area (Å²) in [4.78, 5) is 33.3. The second kappa shape index (κ2) is 8.09. The third-order valence-corrected chi connectivity index (χ3v) is 4.56. The van der Waals surface area contributed by atoms with E-state index in [1.165, 1.54) is 5.56 Å². The van der Waals surface area contributed by atoms with Gasteiger partial charge in [0.15, 0.2) is 0 Å². The molecule has 0 aromatic carbocycles. The first kappa shape index (κ1) is 18.9. The minimum atomic E-state index is -0.212. The molecule has 0 atom stereocenters. The van der Waals surface area contributed by atoms with Crippen molar-refractivity contribution in [2.45, 2.75) is 53.4 Å². The number of carbonyl (C=O) groups is 1. The molecule has 0 saturated heterocycles. The highest BCUT2D eigenvalue weighted by molar-refractivity contribution is 5.78. The lowest BCUT2D eigenvalue weighted by atomic mass is 10.1. The fourth-order valence-electron chi connectivity index (χ4n) is 2.89. The first-order valence-corrected chi connectivity index (χ1v) is 8.66. The van der Waals surface area contributed by atoms with Crippen molar-refractivity contribution in [1.82, 2.24) is 25.1 Å². The van der Waals surface area contributed by atoms with Gasteiger partial charge in [-0.25, -0.2) is 4.98 Å². The highest BCUT2D eigenvalue weighted by Crippen LogP contribution is 2.12. The summed E-state index contributed by atoms with van der Waals surface area (Å²) in [6.07, 6.45) is 2.47. The predicted molar refractivity (Wildman–Crippen MR) is 96.7 cm³/mol. The summed E-state index contributed by atoms with van der Waals surface area (Å²) in [5.74, 6) is 0.582. The molecule has 2 rings (SSSR count). The molecule has 2 aromatic rings. The van der Waals surface area contributed by atoms with Gasteiger partial charge in [0.2, 0.25) is 5.91 Å². The maximum atomic E-state index is 12.4. The molecule has 7 heteroatoms. The van der Waals surface area contributed by atoms with Crippen LogP contribution in [0.15, 0.2) is 4.79 Å². The lowest BCUT2D eigenvalue weighted by Crippen LogP contribution is -2.32. The van der Waals surface area contributed by atoms with E-state index in [1.54, 1.807) is 18.9 Å². The fourth-order valence-corrected chi connectivity index (χ4v) is 2.89. The minimum absolute atomic E-state index is 0.0692. The first-order valence-electron chi connectivity index (χ1n) is 8.66. The Balaban J connectivity index is 1.94. The second-order valence-electron chi connectivity index (χ2n) is 6.44. The number of aromatic amines is 2. The molecule has 2 heterocycles. The fraction of sp³-hybridized carbons (Fsp3) is 0.556. The van der Waals surface area contributed by atoms with Crippen LogP contribution in [0.1, 0.15) is 47.4 Å². The Bertz CT molecular complexity index is 787. The van der Waals surface area contributed by atoms with Gasteiger partial charge in [0.05, 0.1) is 12.1 Å². The van der Waals surface area contributed by atoms with Crippen molar-refractivity contribution < 1.29 is 4.79 Å². The molecular formula is C18H27N5O2. The monoisotopic (exact) mass is 345 g/mol. The van der Waals surface area contributed by atoms with Gasteiger partial charge in [0.1, 0.15) is 5.82 Å². The Hall–Kier alpha value is -2.44. The van der Waals surface area contributed by atoms with E-state index in [0.717, 1.165) is 24.2 Å². The van der Waals surface area contributed by atoms with Gasteiger partial charge >= 0.3 is 0 Å². The number of carbonyl (C=O) groups excluding carboxylic acids is 1. The predicted octanol–water partition coefficient (Wildman–Crippen LogP) is 1.61. The van der Waals surface area contributed by atoms with Crippen LogP contribution in [-0.4, -0.2) is 44.6 Å². The normalized spacial score (nSPS) is 10.9. The number of likely N-dealkylation sites (N-methyl/N-ethyl adjacent to an activating group) is 1. The Labute approximate surface area is 147 Å². The molecule has 0 spiro atoms. The molecule has 0 bridgehead atoms. The molecule has 0 aliphatic rings. The summed E-state index contributed by atoms with van der Waals surface area (Å²) in [5.41, 5.74) is 4.18. The van der Waals surface area contributed by atoms with Gasteiger partial charge in [-0.1, -0.05) is 6.92 Å². The van der Waals surface area contributed by atoms with Crippen molar-refractivity contribution >= 4 is 5.91 Å². The highest BCUT2D eigenvalue weighted by Gasteiger charge is 2.16. The molecule has 0 aliphatic heterocycles. The number of H-pyrrole nitrogens is 2. The van der Waals surface area contributed by atoms with E-state index >= 15 is 0 Å². The zero-order chi connectivity index (χ0) is 18.6. The van der Waals surface area contributed by atoms with E-state index in [0.29, 0.717) is 30.0 Å².